The van der Waals surface area contributed by atoms with Crippen molar-refractivity contribution in [1.82, 2.24) is 10.2 Å². The number of halogens is 2. The molecule has 6 heteroatoms. The number of nitrogens with one attached hydrogen (secondary N) is 1. The van der Waals surface area contributed by atoms with Gasteiger partial charge in [0, 0.05) is 31.8 Å². The van der Waals surface area contributed by atoms with Crippen LogP contribution >= 0.6 is 24.0 Å². The minimum absolute atomic E-state index is 0. The van der Waals surface area contributed by atoms with Gasteiger partial charge in [0.05, 0.1) is 13.2 Å². The molecule has 4 nitrogen and oxygen atoms in total. The summed E-state index contributed by atoms with van der Waals surface area (Å²) < 4.78 is 4.92. The quantitative estimate of drug-likeness (QED) is 0.747. The number of ether oxygens (including phenoxy) is 1. The minimum atomic E-state index is 0. The molecule has 0 aromatic heterocycles. The van der Waals surface area contributed by atoms with Crippen molar-refractivity contribution in [1.29, 1.82) is 0 Å². The van der Waals surface area contributed by atoms with Crippen LogP contribution in [-0.2, 0) is 16.1 Å². The molecule has 1 N–H and O–H groups in total. The van der Waals surface area contributed by atoms with Gasteiger partial charge in [-0.2, -0.15) is 0 Å². The zero-order valence-electron chi connectivity index (χ0n) is 11.9. The number of benzene rings is 1. The lowest BCUT2D eigenvalue weighted by molar-refractivity contribution is -0.130. The fraction of sp³-hybridized carbons (Fsp3) is 0.500. The van der Waals surface area contributed by atoms with Crippen LogP contribution in [0.4, 0.5) is 0 Å². The zero-order valence-corrected chi connectivity index (χ0v) is 13.5. The molecular formula is C14H22Cl2N2O2. The van der Waals surface area contributed by atoms with Crippen molar-refractivity contribution < 1.29 is 9.53 Å². The van der Waals surface area contributed by atoms with Crippen LogP contribution in [0.25, 0.3) is 0 Å². The van der Waals surface area contributed by atoms with E-state index in [1.807, 2.05) is 31.2 Å². The van der Waals surface area contributed by atoms with Crippen molar-refractivity contribution in [2.24, 2.45) is 0 Å². The average Bonchev–Trinajstić information content (AvgIpc) is 2.42. The summed E-state index contributed by atoms with van der Waals surface area (Å²) in [5, 5.41) is 3.75. The van der Waals surface area contributed by atoms with E-state index in [9.17, 15) is 4.79 Å². The Balaban J connectivity index is 0.00000361. The molecule has 0 spiro atoms. The van der Waals surface area contributed by atoms with Crippen molar-refractivity contribution >= 4 is 29.9 Å². The van der Waals surface area contributed by atoms with E-state index in [2.05, 4.69) is 5.32 Å². The molecule has 0 saturated carbocycles. The summed E-state index contributed by atoms with van der Waals surface area (Å²) >= 11 is 6.11. The first-order chi connectivity index (χ1) is 9.19. The smallest absolute Gasteiger partial charge is 0.236 e. The molecule has 0 aliphatic rings. The Morgan fingerprint density at radius 1 is 1.40 bits per heavy atom. The predicted molar refractivity (Wildman–Crippen MR) is 84.5 cm³/mol. The van der Waals surface area contributed by atoms with Gasteiger partial charge in [0.1, 0.15) is 0 Å². The van der Waals surface area contributed by atoms with Gasteiger partial charge in [-0.1, -0.05) is 29.8 Å². The fourth-order valence-electron chi connectivity index (χ4n) is 1.69. The van der Waals surface area contributed by atoms with E-state index in [0.717, 1.165) is 5.56 Å². The van der Waals surface area contributed by atoms with Gasteiger partial charge in [-0.05, 0) is 18.6 Å². The van der Waals surface area contributed by atoms with Crippen molar-refractivity contribution in [2.75, 3.05) is 33.4 Å². The van der Waals surface area contributed by atoms with Gasteiger partial charge in [-0.3, -0.25) is 4.79 Å². The summed E-state index contributed by atoms with van der Waals surface area (Å²) in [5.41, 5.74) is 0.969. The Labute approximate surface area is 131 Å². The standard InChI is InChI=1S/C14H21ClN2O2.ClH/c1-3-17(14(18)10-16-8-9-19-2)11-12-6-4-5-7-13(12)15;/h4-7,16H,3,8-11H2,1-2H3;1H. The molecule has 1 aromatic carbocycles. The van der Waals surface area contributed by atoms with E-state index in [4.69, 9.17) is 16.3 Å². The molecule has 20 heavy (non-hydrogen) atoms. The zero-order chi connectivity index (χ0) is 14.1. The van der Waals surface area contributed by atoms with E-state index in [1.165, 1.54) is 0 Å². The second kappa shape index (κ2) is 10.9. The molecule has 1 aromatic rings. The van der Waals surface area contributed by atoms with Crippen LogP contribution in [0.15, 0.2) is 24.3 Å². The van der Waals surface area contributed by atoms with Crippen LogP contribution in [0.3, 0.4) is 0 Å². The lowest BCUT2D eigenvalue weighted by atomic mass is 10.2. The van der Waals surface area contributed by atoms with Gasteiger partial charge in [0.25, 0.3) is 0 Å². The number of methoxy groups -OCH3 is 1. The van der Waals surface area contributed by atoms with Crippen LogP contribution in [0, 0.1) is 0 Å². The van der Waals surface area contributed by atoms with E-state index in [0.29, 0.717) is 37.8 Å². The van der Waals surface area contributed by atoms with Crippen molar-refractivity contribution in [3.63, 3.8) is 0 Å². The maximum Gasteiger partial charge on any atom is 0.236 e. The number of rotatable bonds is 8. The minimum Gasteiger partial charge on any atom is -0.383 e. The van der Waals surface area contributed by atoms with Gasteiger partial charge >= 0.3 is 0 Å². The molecule has 0 atom stereocenters. The lowest BCUT2D eigenvalue weighted by Gasteiger charge is -2.21. The van der Waals surface area contributed by atoms with Crippen molar-refractivity contribution in [2.45, 2.75) is 13.5 Å². The summed E-state index contributed by atoms with van der Waals surface area (Å²) in [6, 6.07) is 7.59. The third-order valence-electron chi connectivity index (χ3n) is 2.81. The second-order valence-corrected chi connectivity index (χ2v) is 4.58. The normalized spacial score (nSPS) is 9.95. The number of amides is 1. The number of hydrogen-bond acceptors (Lipinski definition) is 3. The highest BCUT2D eigenvalue weighted by Crippen LogP contribution is 2.16. The maximum absolute atomic E-state index is 12.0. The van der Waals surface area contributed by atoms with E-state index in [1.54, 1.807) is 12.0 Å². The van der Waals surface area contributed by atoms with Gasteiger partial charge in [0.15, 0.2) is 0 Å². The van der Waals surface area contributed by atoms with Gasteiger partial charge in [-0.25, -0.2) is 0 Å². The average molecular weight is 321 g/mol. The van der Waals surface area contributed by atoms with Crippen molar-refractivity contribution in [3.8, 4) is 0 Å². The first-order valence-corrected chi connectivity index (χ1v) is 6.77. The van der Waals surface area contributed by atoms with Gasteiger partial charge in [0.2, 0.25) is 5.91 Å². The molecule has 0 heterocycles. The molecule has 0 aliphatic heterocycles. The lowest BCUT2D eigenvalue weighted by Crippen LogP contribution is -2.38. The number of likely N-dealkylation sites (N-methyl/N-ethyl adjacent to an activating group) is 1. The van der Waals surface area contributed by atoms with Gasteiger partial charge in [-0.15, -0.1) is 12.4 Å². The summed E-state index contributed by atoms with van der Waals surface area (Å²) in [7, 11) is 1.64. The van der Waals surface area contributed by atoms with Crippen molar-refractivity contribution in [3.05, 3.63) is 34.9 Å². The Hall–Kier alpha value is -0.810. The largest absolute Gasteiger partial charge is 0.383 e. The predicted octanol–water partition coefficient (Wildman–Crippen LogP) is 2.35. The van der Waals surface area contributed by atoms with Gasteiger partial charge < -0.3 is 15.0 Å². The molecule has 1 rings (SSSR count). The molecule has 0 bridgehead atoms. The fourth-order valence-corrected chi connectivity index (χ4v) is 1.89. The highest BCUT2D eigenvalue weighted by atomic mass is 35.5. The summed E-state index contributed by atoms with van der Waals surface area (Å²) in [6.07, 6.45) is 0. The number of nitrogens with zero attached hydrogens (tertiary/aromatic N) is 1. The molecule has 0 radical (unpaired) electrons. The number of carbonyl (C=O) groups excluding carboxylic acids is 1. The van der Waals surface area contributed by atoms with Crippen LogP contribution < -0.4 is 5.32 Å². The van der Waals surface area contributed by atoms with E-state index < -0.39 is 0 Å². The number of carbonyl (C=O) groups is 1. The molecule has 0 fully saturated rings. The SMILES string of the molecule is CCN(Cc1ccccc1Cl)C(=O)CNCCOC.Cl. The molecule has 0 unspecified atom stereocenters. The molecular weight excluding hydrogens is 299 g/mol. The van der Waals surface area contributed by atoms with Crippen LogP contribution in [0.1, 0.15) is 12.5 Å². The highest BCUT2D eigenvalue weighted by Gasteiger charge is 2.12. The Kier molecular flexibility index (Phi) is 10.5. The van der Waals surface area contributed by atoms with E-state index in [-0.39, 0.29) is 18.3 Å². The summed E-state index contributed by atoms with van der Waals surface area (Å²) in [6.45, 7) is 4.76. The topological polar surface area (TPSA) is 41.6 Å². The number of hydrogen-bond donors (Lipinski definition) is 1. The second-order valence-electron chi connectivity index (χ2n) is 4.17. The Bertz CT molecular complexity index is 403. The first-order valence-electron chi connectivity index (χ1n) is 6.39. The van der Waals surface area contributed by atoms with Crippen LogP contribution in [0.2, 0.25) is 5.02 Å². The molecule has 1 amide bonds. The Morgan fingerprint density at radius 3 is 2.70 bits per heavy atom. The molecule has 0 saturated heterocycles. The van der Waals surface area contributed by atoms with Crippen LogP contribution in [-0.4, -0.2) is 44.2 Å². The molecule has 114 valence electrons. The van der Waals surface area contributed by atoms with Crippen LogP contribution in [0.5, 0.6) is 0 Å². The third kappa shape index (κ3) is 6.57. The summed E-state index contributed by atoms with van der Waals surface area (Å²) in [4.78, 5) is 13.8. The molecule has 0 aliphatic carbocycles. The highest BCUT2D eigenvalue weighted by molar-refractivity contribution is 6.31. The Morgan fingerprint density at radius 2 is 2.10 bits per heavy atom. The van der Waals surface area contributed by atoms with E-state index >= 15 is 0 Å². The third-order valence-corrected chi connectivity index (χ3v) is 3.18. The monoisotopic (exact) mass is 320 g/mol. The maximum atomic E-state index is 12.0. The first kappa shape index (κ1) is 19.2. The summed E-state index contributed by atoms with van der Waals surface area (Å²) in [5.74, 6) is 0.0681.